The minimum Gasteiger partial charge on any atom is -0.302 e. The van der Waals surface area contributed by atoms with Gasteiger partial charge in [-0.05, 0) is 31.3 Å². The zero-order valence-electron chi connectivity index (χ0n) is 7.25. The van der Waals surface area contributed by atoms with Crippen molar-refractivity contribution in [1.82, 2.24) is 0 Å². The van der Waals surface area contributed by atoms with Crippen LogP contribution in [-0.4, -0.2) is 6.29 Å². The molecule has 2 aliphatic rings. The lowest BCUT2D eigenvalue weighted by atomic mass is 9.64. The minimum atomic E-state index is -0.0725. The van der Waals surface area contributed by atoms with Crippen LogP contribution in [0.15, 0.2) is 23.8 Å². The molecule has 0 aliphatic heterocycles. The second-order valence-corrected chi connectivity index (χ2v) is 3.77. The van der Waals surface area contributed by atoms with Gasteiger partial charge in [-0.2, -0.15) is 0 Å². The number of hydrogen-bond acceptors (Lipinski definition) is 1. The number of allylic oxidation sites excluding steroid dienone is 4. The largest absolute Gasteiger partial charge is 0.302 e. The minimum absolute atomic E-state index is 0.0725. The lowest BCUT2D eigenvalue weighted by molar-refractivity contribution is -0.117. The van der Waals surface area contributed by atoms with E-state index in [0.29, 0.717) is 0 Å². The summed E-state index contributed by atoms with van der Waals surface area (Å²) in [5.74, 6) is 0. The Bertz CT molecular complexity index is 244. The predicted octanol–water partition coefficient (Wildman–Crippen LogP) is 2.63. The second-order valence-electron chi connectivity index (χ2n) is 3.77. The number of carbonyl (C=O) groups excluding carboxylic acids is 1. The van der Waals surface area contributed by atoms with Gasteiger partial charge in [-0.3, -0.25) is 0 Å². The highest BCUT2D eigenvalue weighted by Gasteiger charge is 2.39. The molecular formula is C11H14O. The SMILES string of the molecule is O=CC1(C2=CCCC=C2)CCC1. The van der Waals surface area contributed by atoms with Crippen LogP contribution in [0, 0.1) is 5.41 Å². The summed E-state index contributed by atoms with van der Waals surface area (Å²) in [6.07, 6.45) is 13.3. The van der Waals surface area contributed by atoms with Crippen molar-refractivity contribution in [2.45, 2.75) is 32.1 Å². The van der Waals surface area contributed by atoms with Crippen molar-refractivity contribution >= 4 is 6.29 Å². The topological polar surface area (TPSA) is 17.1 Å². The molecule has 0 spiro atoms. The first kappa shape index (κ1) is 7.78. The lowest BCUT2D eigenvalue weighted by Crippen LogP contribution is -2.32. The van der Waals surface area contributed by atoms with Crippen LogP contribution in [-0.2, 0) is 4.79 Å². The van der Waals surface area contributed by atoms with Gasteiger partial charge < -0.3 is 4.79 Å². The summed E-state index contributed by atoms with van der Waals surface area (Å²) < 4.78 is 0. The van der Waals surface area contributed by atoms with Gasteiger partial charge in [-0.1, -0.05) is 24.6 Å². The van der Waals surface area contributed by atoms with Gasteiger partial charge >= 0.3 is 0 Å². The van der Waals surface area contributed by atoms with Gasteiger partial charge in [0.25, 0.3) is 0 Å². The van der Waals surface area contributed by atoms with Crippen molar-refractivity contribution in [1.29, 1.82) is 0 Å². The molecule has 0 aromatic carbocycles. The van der Waals surface area contributed by atoms with E-state index >= 15 is 0 Å². The molecule has 0 saturated heterocycles. The fraction of sp³-hybridized carbons (Fsp3) is 0.545. The Balaban J connectivity index is 2.21. The summed E-state index contributed by atoms with van der Waals surface area (Å²) in [6.45, 7) is 0. The molecule has 0 bridgehead atoms. The van der Waals surface area contributed by atoms with Crippen molar-refractivity contribution < 1.29 is 4.79 Å². The quantitative estimate of drug-likeness (QED) is 0.570. The maximum Gasteiger partial charge on any atom is 0.130 e. The predicted molar refractivity (Wildman–Crippen MR) is 48.8 cm³/mol. The fourth-order valence-electron chi connectivity index (χ4n) is 2.01. The van der Waals surface area contributed by atoms with Crippen LogP contribution in [0.5, 0.6) is 0 Å². The number of carbonyl (C=O) groups is 1. The molecular weight excluding hydrogens is 148 g/mol. The Hall–Kier alpha value is -0.850. The van der Waals surface area contributed by atoms with E-state index < -0.39 is 0 Å². The molecule has 1 saturated carbocycles. The van der Waals surface area contributed by atoms with Gasteiger partial charge in [0, 0.05) is 0 Å². The van der Waals surface area contributed by atoms with E-state index in [1.54, 1.807) is 0 Å². The van der Waals surface area contributed by atoms with Gasteiger partial charge in [0.2, 0.25) is 0 Å². The van der Waals surface area contributed by atoms with Crippen molar-refractivity contribution in [2.24, 2.45) is 5.41 Å². The summed E-state index contributed by atoms with van der Waals surface area (Å²) in [4.78, 5) is 10.9. The van der Waals surface area contributed by atoms with Crippen LogP contribution in [0.1, 0.15) is 32.1 Å². The number of rotatable bonds is 2. The molecule has 0 N–H and O–H groups in total. The van der Waals surface area contributed by atoms with Crippen molar-refractivity contribution in [3.63, 3.8) is 0 Å². The maximum atomic E-state index is 10.9. The summed E-state index contributed by atoms with van der Waals surface area (Å²) in [5.41, 5.74) is 1.20. The Morgan fingerprint density at radius 2 is 2.17 bits per heavy atom. The van der Waals surface area contributed by atoms with Gasteiger partial charge in [-0.15, -0.1) is 0 Å². The highest BCUT2D eigenvalue weighted by atomic mass is 16.1. The lowest BCUT2D eigenvalue weighted by Gasteiger charge is -2.38. The second kappa shape index (κ2) is 2.89. The molecule has 1 nitrogen and oxygen atoms in total. The highest BCUT2D eigenvalue weighted by Crippen LogP contribution is 2.46. The van der Waals surface area contributed by atoms with Gasteiger partial charge in [0.1, 0.15) is 6.29 Å². The first-order valence-electron chi connectivity index (χ1n) is 4.71. The van der Waals surface area contributed by atoms with E-state index in [-0.39, 0.29) is 5.41 Å². The molecule has 1 fully saturated rings. The standard InChI is InChI=1S/C11H14O/c12-9-11(7-4-8-11)10-5-2-1-3-6-10/h2,5-6,9H,1,3-4,7-8H2. The average Bonchev–Trinajstić information content (AvgIpc) is 2.05. The van der Waals surface area contributed by atoms with E-state index in [2.05, 4.69) is 18.2 Å². The molecule has 0 atom stereocenters. The molecule has 0 amide bonds. The molecule has 0 radical (unpaired) electrons. The Morgan fingerprint density at radius 1 is 1.33 bits per heavy atom. The fourth-order valence-corrected chi connectivity index (χ4v) is 2.01. The van der Waals surface area contributed by atoms with Gasteiger partial charge in [0.05, 0.1) is 5.41 Å². The van der Waals surface area contributed by atoms with E-state index in [1.165, 1.54) is 12.0 Å². The van der Waals surface area contributed by atoms with Crippen molar-refractivity contribution in [3.05, 3.63) is 23.8 Å². The molecule has 1 heteroatoms. The molecule has 0 aromatic rings. The van der Waals surface area contributed by atoms with Crippen LogP contribution in [0.4, 0.5) is 0 Å². The van der Waals surface area contributed by atoms with Crippen molar-refractivity contribution in [2.75, 3.05) is 0 Å². The Morgan fingerprint density at radius 3 is 2.58 bits per heavy atom. The monoisotopic (exact) mass is 162 g/mol. The third-order valence-electron chi connectivity index (χ3n) is 3.04. The molecule has 2 aliphatic carbocycles. The van der Waals surface area contributed by atoms with Gasteiger partial charge in [0.15, 0.2) is 0 Å². The maximum absolute atomic E-state index is 10.9. The van der Waals surface area contributed by atoms with E-state index in [1.807, 2.05) is 0 Å². The van der Waals surface area contributed by atoms with E-state index in [0.717, 1.165) is 32.0 Å². The zero-order chi connectivity index (χ0) is 8.44. The first-order valence-corrected chi connectivity index (χ1v) is 4.71. The normalized spacial score (nSPS) is 25.8. The van der Waals surface area contributed by atoms with Crippen LogP contribution in [0.25, 0.3) is 0 Å². The van der Waals surface area contributed by atoms with Crippen LogP contribution >= 0.6 is 0 Å². The smallest absolute Gasteiger partial charge is 0.130 e. The molecule has 0 unspecified atom stereocenters. The third kappa shape index (κ3) is 1.04. The van der Waals surface area contributed by atoms with Crippen LogP contribution < -0.4 is 0 Å². The summed E-state index contributed by atoms with van der Waals surface area (Å²) >= 11 is 0. The molecule has 0 aromatic heterocycles. The zero-order valence-corrected chi connectivity index (χ0v) is 7.25. The number of aldehydes is 1. The summed E-state index contributed by atoms with van der Waals surface area (Å²) in [7, 11) is 0. The Labute approximate surface area is 73.2 Å². The molecule has 0 heterocycles. The Kier molecular flexibility index (Phi) is 1.87. The van der Waals surface area contributed by atoms with Gasteiger partial charge in [-0.25, -0.2) is 0 Å². The summed E-state index contributed by atoms with van der Waals surface area (Å²) in [5, 5.41) is 0. The summed E-state index contributed by atoms with van der Waals surface area (Å²) in [6, 6.07) is 0. The van der Waals surface area contributed by atoms with Crippen LogP contribution in [0.3, 0.4) is 0 Å². The molecule has 2 rings (SSSR count). The van der Waals surface area contributed by atoms with E-state index in [4.69, 9.17) is 0 Å². The van der Waals surface area contributed by atoms with Crippen LogP contribution in [0.2, 0.25) is 0 Å². The highest BCUT2D eigenvalue weighted by molar-refractivity contribution is 5.68. The third-order valence-corrected chi connectivity index (χ3v) is 3.04. The molecule has 12 heavy (non-hydrogen) atoms. The number of hydrogen-bond donors (Lipinski definition) is 0. The average molecular weight is 162 g/mol. The first-order chi connectivity index (χ1) is 5.87. The van der Waals surface area contributed by atoms with E-state index in [9.17, 15) is 4.79 Å². The molecule has 64 valence electrons. The van der Waals surface area contributed by atoms with Crippen molar-refractivity contribution in [3.8, 4) is 0 Å².